The van der Waals surface area contributed by atoms with Gasteiger partial charge in [-0.2, -0.15) is 0 Å². The van der Waals surface area contributed by atoms with Gasteiger partial charge in [-0.3, -0.25) is 0 Å². The van der Waals surface area contributed by atoms with E-state index >= 15 is 0 Å². The second-order valence-corrected chi connectivity index (χ2v) is 25.3. The average Bonchev–Trinajstić information content (AvgIpc) is 1.55. The largest absolute Gasteiger partial charge is 0.309 e. The monoisotopic (exact) mass is 1200 g/mol. The third kappa shape index (κ3) is 9.15. The highest BCUT2D eigenvalue weighted by Gasteiger charge is 2.46. The van der Waals surface area contributed by atoms with Crippen LogP contribution in [-0.2, 0) is 5.41 Å². The van der Waals surface area contributed by atoms with E-state index in [0.29, 0.717) is 17.5 Å². The predicted octanol–water partition coefficient (Wildman–Crippen LogP) is 23.0. The molecule has 0 fully saturated rings. The van der Waals surface area contributed by atoms with Gasteiger partial charge in [0, 0.05) is 53.3 Å². The molecule has 17 aromatic rings. The van der Waals surface area contributed by atoms with Crippen molar-refractivity contribution < 1.29 is 0 Å². The first-order chi connectivity index (χ1) is 46.1. The Morgan fingerprint density at radius 1 is 0.247 bits per heavy atom. The van der Waals surface area contributed by atoms with E-state index in [4.69, 9.17) is 15.0 Å². The molecule has 1 aliphatic carbocycles. The van der Waals surface area contributed by atoms with Crippen LogP contribution in [0.4, 0.5) is 0 Å². The van der Waals surface area contributed by atoms with E-state index in [2.05, 4.69) is 344 Å². The number of benzene rings is 14. The summed E-state index contributed by atoms with van der Waals surface area (Å²) in [6.45, 7) is 0. The van der Waals surface area contributed by atoms with Crippen molar-refractivity contribution in [2.75, 3.05) is 0 Å². The normalized spacial score (nSPS) is 12.4. The molecule has 0 N–H and O–H groups in total. The van der Waals surface area contributed by atoms with Crippen LogP contribution >= 0.6 is 11.3 Å². The van der Waals surface area contributed by atoms with Crippen LogP contribution in [0.15, 0.2) is 340 Å². The molecule has 0 radical (unpaired) electrons. The van der Waals surface area contributed by atoms with Gasteiger partial charge >= 0.3 is 0 Å². The minimum Gasteiger partial charge on any atom is -0.309 e. The number of rotatable bonds is 11. The van der Waals surface area contributed by atoms with Crippen LogP contribution < -0.4 is 0 Å². The Labute approximate surface area is 543 Å². The molecule has 0 saturated heterocycles. The van der Waals surface area contributed by atoms with Crippen LogP contribution in [0.3, 0.4) is 0 Å². The quantitative estimate of drug-likeness (QED) is 0.130. The molecule has 14 aromatic carbocycles. The van der Waals surface area contributed by atoms with Gasteiger partial charge in [0.25, 0.3) is 0 Å². The Kier molecular flexibility index (Phi) is 12.9. The van der Waals surface area contributed by atoms with E-state index in [1.54, 1.807) is 0 Å². The maximum Gasteiger partial charge on any atom is 0.164 e. The molecule has 18 rings (SSSR count). The van der Waals surface area contributed by atoms with Crippen molar-refractivity contribution in [3.63, 3.8) is 0 Å². The molecule has 3 heterocycles. The maximum absolute atomic E-state index is 5.48. The van der Waals surface area contributed by atoms with Crippen molar-refractivity contribution in [3.05, 3.63) is 362 Å². The van der Waals surface area contributed by atoms with Crippen LogP contribution in [0, 0.1) is 0 Å². The number of fused-ring (bicyclic) bond motifs is 9. The van der Waals surface area contributed by atoms with Crippen molar-refractivity contribution in [2.24, 2.45) is 0 Å². The Morgan fingerprint density at radius 3 is 1.34 bits per heavy atom. The van der Waals surface area contributed by atoms with Crippen LogP contribution in [0.5, 0.6) is 0 Å². The lowest BCUT2D eigenvalue weighted by Gasteiger charge is -2.34. The lowest BCUT2D eigenvalue weighted by molar-refractivity contribution is 0.767. The van der Waals surface area contributed by atoms with Crippen LogP contribution in [0.25, 0.3) is 149 Å². The summed E-state index contributed by atoms with van der Waals surface area (Å²) in [6.07, 6.45) is 0. The fraction of sp³-hybridized carbons (Fsp3) is 0.0114. The Bertz CT molecular complexity index is 5640. The average molecular weight is 1200 g/mol. The highest BCUT2D eigenvalue weighted by molar-refractivity contribution is 7.25. The fourth-order valence-electron chi connectivity index (χ4n) is 14.7. The highest BCUT2D eigenvalue weighted by atomic mass is 32.1. The van der Waals surface area contributed by atoms with E-state index in [0.717, 1.165) is 83.5 Å². The van der Waals surface area contributed by atoms with Crippen LogP contribution in [0.1, 0.15) is 22.3 Å². The first-order valence-electron chi connectivity index (χ1n) is 31.7. The van der Waals surface area contributed by atoms with Crippen LogP contribution in [0.2, 0.25) is 0 Å². The van der Waals surface area contributed by atoms with Gasteiger partial charge in [-0.15, -0.1) is 11.3 Å². The number of aromatic nitrogens is 4. The Hall–Kier alpha value is -11.9. The van der Waals surface area contributed by atoms with Gasteiger partial charge in [0.1, 0.15) is 0 Å². The molecule has 4 nitrogen and oxygen atoms in total. The number of nitrogens with zero attached hydrogens (tertiary/aromatic N) is 4. The smallest absolute Gasteiger partial charge is 0.164 e. The molecule has 5 heteroatoms. The second-order valence-electron chi connectivity index (χ2n) is 24.2. The second kappa shape index (κ2) is 22.3. The lowest BCUT2D eigenvalue weighted by Crippen LogP contribution is -2.28. The summed E-state index contributed by atoms with van der Waals surface area (Å²) >= 11 is 1.81. The molecular formula is C88H56N4S. The Morgan fingerprint density at radius 2 is 0.688 bits per heavy atom. The van der Waals surface area contributed by atoms with Crippen molar-refractivity contribution in [1.82, 2.24) is 19.5 Å². The topological polar surface area (TPSA) is 43.6 Å². The van der Waals surface area contributed by atoms with Crippen molar-refractivity contribution in [3.8, 4) is 107 Å². The first kappa shape index (κ1) is 54.1. The minimum atomic E-state index is -0.557. The minimum absolute atomic E-state index is 0.557. The summed E-state index contributed by atoms with van der Waals surface area (Å²) in [6, 6.07) is 124. The number of hydrogen-bond donors (Lipinski definition) is 0. The predicted molar refractivity (Wildman–Crippen MR) is 388 cm³/mol. The third-order valence-electron chi connectivity index (χ3n) is 18.9. The molecule has 93 heavy (non-hydrogen) atoms. The number of hydrogen-bond acceptors (Lipinski definition) is 4. The van der Waals surface area contributed by atoms with Crippen molar-refractivity contribution >= 4 is 53.3 Å². The van der Waals surface area contributed by atoms with Gasteiger partial charge in [-0.1, -0.05) is 255 Å². The third-order valence-corrected chi connectivity index (χ3v) is 20.1. The maximum atomic E-state index is 5.48. The van der Waals surface area contributed by atoms with Crippen molar-refractivity contribution in [1.29, 1.82) is 0 Å². The lowest BCUT2D eigenvalue weighted by atomic mass is 9.67. The molecule has 0 atom stereocenters. The molecule has 1 aliphatic rings. The van der Waals surface area contributed by atoms with Gasteiger partial charge in [0.15, 0.2) is 17.5 Å². The zero-order chi connectivity index (χ0) is 61.4. The van der Waals surface area contributed by atoms with Gasteiger partial charge in [-0.25, -0.2) is 15.0 Å². The van der Waals surface area contributed by atoms with E-state index in [1.165, 1.54) is 69.9 Å². The van der Waals surface area contributed by atoms with Gasteiger partial charge in [0.05, 0.1) is 16.4 Å². The summed E-state index contributed by atoms with van der Waals surface area (Å²) in [5, 5.41) is 4.75. The molecule has 0 bridgehead atoms. The van der Waals surface area contributed by atoms with Gasteiger partial charge in [-0.05, 0) is 174 Å². The fourth-order valence-corrected chi connectivity index (χ4v) is 15.7. The SMILES string of the molecule is c1ccc(-c2cc(-c3ccccc3)cc(-c3cccc(-c4nc(-c5cccc(-c6cccc7c6c6cc(-c8ccccc8)ccc6n7-c6ccc7c(c6)C(c6ccccc6)(c6ccccc6)c6ccccc6-7)c5)nc(-c5ccc6sc7ccccc7c6c5)n4)c3)c2)cc1. The molecule has 0 aliphatic heterocycles. The number of thiophene rings is 1. The summed E-state index contributed by atoms with van der Waals surface area (Å²) in [4.78, 5) is 16.3. The molecule has 0 amide bonds. The summed E-state index contributed by atoms with van der Waals surface area (Å²) in [5.74, 6) is 1.80. The zero-order valence-electron chi connectivity index (χ0n) is 50.5. The van der Waals surface area contributed by atoms with E-state index in [-0.39, 0.29) is 0 Å². The van der Waals surface area contributed by atoms with Crippen LogP contribution in [-0.4, -0.2) is 19.5 Å². The standard InChI is InChI=1S/C88H56N4S/c1-6-23-57(24-7-1)61-43-47-80-77(54-61)84-72(39-22-41-81(84)92(80)71-45-46-74-73-37-16-18-40-78(73)88(79(74)56-71,69-33-12-4-13-34-69)70-35-14-5-15-36-70)62-30-21-32-64(50-62)86-89-85(90-87(91-86)65-44-48-83-76(55-65)75-38-17-19-42-82(75)93-83)63-31-20-29-60(49-63)68-52-66(58-25-8-2-9-26-58)51-67(53-68)59-27-10-3-11-28-59/h1-56H. The van der Waals surface area contributed by atoms with Gasteiger partial charge < -0.3 is 4.57 Å². The van der Waals surface area contributed by atoms with E-state index < -0.39 is 5.41 Å². The zero-order valence-corrected chi connectivity index (χ0v) is 51.3. The van der Waals surface area contributed by atoms with Crippen molar-refractivity contribution in [2.45, 2.75) is 5.41 Å². The highest BCUT2D eigenvalue weighted by Crippen LogP contribution is 2.57. The molecule has 0 spiro atoms. The van der Waals surface area contributed by atoms with Gasteiger partial charge in [0.2, 0.25) is 0 Å². The molecular weight excluding hydrogens is 1150 g/mol. The Balaban J connectivity index is 0.818. The molecule has 3 aromatic heterocycles. The summed E-state index contributed by atoms with van der Waals surface area (Å²) in [7, 11) is 0. The first-order valence-corrected chi connectivity index (χ1v) is 32.5. The molecule has 434 valence electrons. The molecule has 0 saturated carbocycles. The summed E-state index contributed by atoms with van der Waals surface area (Å²) in [5.41, 5.74) is 24.3. The van der Waals surface area contributed by atoms with E-state index in [1.807, 2.05) is 11.3 Å². The molecule has 0 unspecified atom stereocenters. The summed E-state index contributed by atoms with van der Waals surface area (Å²) < 4.78 is 4.97. The van der Waals surface area contributed by atoms with E-state index in [9.17, 15) is 0 Å².